The average Bonchev–Trinajstić information content (AvgIpc) is 2.90. The van der Waals surface area contributed by atoms with E-state index in [4.69, 9.17) is 26.8 Å². The van der Waals surface area contributed by atoms with Gasteiger partial charge in [0.05, 0.1) is 13.2 Å². The first-order valence-corrected chi connectivity index (χ1v) is 7.84. The minimum Gasteiger partial charge on any atom is -0.493 e. The molecule has 0 spiro atoms. The molecule has 0 amide bonds. The minimum absolute atomic E-state index is 0.268. The molecule has 0 saturated heterocycles. The molecule has 2 aliphatic rings. The van der Waals surface area contributed by atoms with E-state index in [2.05, 4.69) is 0 Å². The van der Waals surface area contributed by atoms with E-state index in [1.165, 1.54) is 12.8 Å². The van der Waals surface area contributed by atoms with Crippen LogP contribution in [0.25, 0.3) is 0 Å². The maximum atomic E-state index is 6.50. The van der Waals surface area contributed by atoms with E-state index in [1.54, 1.807) is 7.11 Å². The first kappa shape index (κ1) is 14.0. The summed E-state index contributed by atoms with van der Waals surface area (Å²) in [5.41, 5.74) is 7.10. The first-order valence-electron chi connectivity index (χ1n) is 7.46. The fourth-order valence-corrected chi connectivity index (χ4v) is 3.60. The summed E-state index contributed by atoms with van der Waals surface area (Å²) >= 11 is 6.43. The van der Waals surface area contributed by atoms with Crippen LogP contribution in [0.2, 0.25) is 5.02 Å². The normalized spacial score (nSPS) is 21.6. The third-order valence-corrected chi connectivity index (χ3v) is 4.94. The molecule has 2 aliphatic carbocycles. The van der Waals surface area contributed by atoms with Crippen LogP contribution in [0.3, 0.4) is 0 Å². The zero-order valence-electron chi connectivity index (χ0n) is 12.0. The Hall–Kier alpha value is -0.930. The zero-order chi connectivity index (χ0) is 14.2. The van der Waals surface area contributed by atoms with Crippen LogP contribution < -0.4 is 15.2 Å². The quantitative estimate of drug-likeness (QED) is 0.913. The lowest BCUT2D eigenvalue weighted by Gasteiger charge is -2.40. The Morgan fingerprint density at radius 3 is 2.45 bits per heavy atom. The number of nitrogens with two attached hydrogens (primary N) is 1. The van der Waals surface area contributed by atoms with Gasteiger partial charge >= 0.3 is 0 Å². The van der Waals surface area contributed by atoms with Crippen LogP contribution in [0.15, 0.2) is 12.1 Å². The molecule has 0 aromatic heterocycles. The molecule has 0 radical (unpaired) electrons. The highest BCUT2D eigenvalue weighted by atomic mass is 35.5. The van der Waals surface area contributed by atoms with Gasteiger partial charge in [-0.2, -0.15) is 0 Å². The molecular formula is C16H22ClNO2. The Morgan fingerprint density at radius 1 is 1.20 bits per heavy atom. The number of hydrogen-bond donors (Lipinski definition) is 1. The van der Waals surface area contributed by atoms with Crippen LogP contribution in [0.4, 0.5) is 0 Å². The maximum absolute atomic E-state index is 6.50. The molecule has 0 unspecified atom stereocenters. The zero-order valence-corrected chi connectivity index (χ0v) is 12.7. The van der Waals surface area contributed by atoms with Crippen molar-refractivity contribution in [2.45, 2.75) is 56.6 Å². The lowest BCUT2D eigenvalue weighted by atomic mass is 9.72. The van der Waals surface area contributed by atoms with Crippen molar-refractivity contribution in [3.05, 3.63) is 22.7 Å². The minimum atomic E-state index is -0.348. The van der Waals surface area contributed by atoms with Gasteiger partial charge in [0, 0.05) is 16.1 Å². The van der Waals surface area contributed by atoms with Crippen molar-refractivity contribution >= 4 is 11.6 Å². The summed E-state index contributed by atoms with van der Waals surface area (Å²) in [6, 6.07) is 3.74. The number of methoxy groups -OCH3 is 1. The Morgan fingerprint density at radius 2 is 1.90 bits per heavy atom. The molecule has 0 aliphatic heterocycles. The number of hydrogen-bond acceptors (Lipinski definition) is 3. The number of ether oxygens (including phenoxy) is 2. The highest BCUT2D eigenvalue weighted by molar-refractivity contribution is 6.31. The smallest absolute Gasteiger partial charge is 0.168 e. The molecule has 4 heteroatoms. The van der Waals surface area contributed by atoms with E-state index < -0.39 is 0 Å². The van der Waals surface area contributed by atoms with E-state index in [9.17, 15) is 0 Å². The van der Waals surface area contributed by atoms with Crippen molar-refractivity contribution in [1.82, 2.24) is 0 Å². The lowest BCUT2D eigenvalue weighted by molar-refractivity contribution is 0.182. The third kappa shape index (κ3) is 2.38. The van der Waals surface area contributed by atoms with Crippen molar-refractivity contribution in [1.29, 1.82) is 0 Å². The molecule has 1 aromatic rings. The highest BCUT2D eigenvalue weighted by Gasteiger charge is 2.40. The molecule has 2 saturated carbocycles. The van der Waals surface area contributed by atoms with Gasteiger partial charge < -0.3 is 15.2 Å². The van der Waals surface area contributed by atoms with Crippen LogP contribution in [0, 0.1) is 0 Å². The second-order valence-electron chi connectivity index (χ2n) is 5.99. The van der Waals surface area contributed by atoms with Gasteiger partial charge in [-0.05, 0) is 57.1 Å². The molecule has 0 heterocycles. The topological polar surface area (TPSA) is 44.5 Å². The molecule has 3 rings (SSSR count). The molecule has 1 aromatic carbocycles. The monoisotopic (exact) mass is 295 g/mol. The predicted octanol–water partition coefficient (Wildman–Crippen LogP) is 4.01. The Balaban J connectivity index is 2.01. The van der Waals surface area contributed by atoms with Gasteiger partial charge in [-0.15, -0.1) is 0 Å². The van der Waals surface area contributed by atoms with Crippen LogP contribution in [-0.4, -0.2) is 13.2 Å². The molecule has 0 atom stereocenters. The van der Waals surface area contributed by atoms with E-state index in [0.29, 0.717) is 5.02 Å². The fraction of sp³-hybridized carbons (Fsp3) is 0.625. The molecule has 110 valence electrons. The van der Waals surface area contributed by atoms with E-state index in [1.807, 2.05) is 12.1 Å². The molecule has 2 N–H and O–H groups in total. The summed E-state index contributed by atoms with van der Waals surface area (Å²) in [7, 11) is 1.67. The van der Waals surface area contributed by atoms with Crippen LogP contribution >= 0.6 is 11.6 Å². The molecule has 0 bridgehead atoms. The van der Waals surface area contributed by atoms with Gasteiger partial charge in [0.25, 0.3) is 0 Å². The first-order chi connectivity index (χ1) is 9.64. The largest absolute Gasteiger partial charge is 0.493 e. The molecular weight excluding hydrogens is 274 g/mol. The van der Waals surface area contributed by atoms with Crippen molar-refractivity contribution in [3.8, 4) is 11.5 Å². The summed E-state index contributed by atoms with van der Waals surface area (Å²) in [5, 5.41) is 0.695. The van der Waals surface area contributed by atoms with Gasteiger partial charge in [0.15, 0.2) is 11.5 Å². The SMILES string of the molecule is COc1ccc(Cl)c(C2(N)CCC2)c1OC1CCCC1. The Labute approximate surface area is 125 Å². The van der Waals surface area contributed by atoms with E-state index >= 15 is 0 Å². The number of benzene rings is 1. The highest BCUT2D eigenvalue weighted by Crippen LogP contribution is 2.49. The van der Waals surface area contributed by atoms with Crippen molar-refractivity contribution < 1.29 is 9.47 Å². The lowest BCUT2D eigenvalue weighted by Crippen LogP contribution is -2.44. The van der Waals surface area contributed by atoms with E-state index in [-0.39, 0.29) is 11.6 Å². The molecule has 20 heavy (non-hydrogen) atoms. The summed E-state index contributed by atoms with van der Waals surface area (Å²) < 4.78 is 11.7. The summed E-state index contributed by atoms with van der Waals surface area (Å²) in [6.45, 7) is 0. The van der Waals surface area contributed by atoms with Crippen LogP contribution in [0.5, 0.6) is 11.5 Å². The van der Waals surface area contributed by atoms with Crippen LogP contribution in [0.1, 0.15) is 50.5 Å². The number of halogens is 1. The Bertz CT molecular complexity index is 493. The van der Waals surface area contributed by atoms with Gasteiger partial charge in [-0.3, -0.25) is 0 Å². The van der Waals surface area contributed by atoms with E-state index in [0.717, 1.165) is 49.2 Å². The predicted molar refractivity (Wildman–Crippen MR) is 80.6 cm³/mol. The second-order valence-corrected chi connectivity index (χ2v) is 6.39. The summed E-state index contributed by atoms with van der Waals surface area (Å²) in [5.74, 6) is 1.52. The van der Waals surface area contributed by atoms with Gasteiger partial charge in [0.1, 0.15) is 0 Å². The van der Waals surface area contributed by atoms with Gasteiger partial charge in [-0.1, -0.05) is 11.6 Å². The maximum Gasteiger partial charge on any atom is 0.168 e. The molecule has 3 nitrogen and oxygen atoms in total. The van der Waals surface area contributed by atoms with Gasteiger partial charge in [-0.25, -0.2) is 0 Å². The summed E-state index contributed by atoms with van der Waals surface area (Å²) in [4.78, 5) is 0. The molecule has 2 fully saturated rings. The Kier molecular flexibility index (Phi) is 3.83. The second kappa shape index (κ2) is 5.45. The summed E-state index contributed by atoms with van der Waals surface area (Å²) in [6.07, 6.45) is 8.01. The van der Waals surface area contributed by atoms with Crippen molar-refractivity contribution in [3.63, 3.8) is 0 Å². The standard InChI is InChI=1S/C16H22ClNO2/c1-19-13-8-7-12(17)14(16(18)9-4-10-16)15(13)20-11-5-2-3-6-11/h7-8,11H,2-6,9-10,18H2,1H3. The van der Waals surface area contributed by atoms with Crippen molar-refractivity contribution in [2.24, 2.45) is 5.73 Å². The van der Waals surface area contributed by atoms with Crippen LogP contribution in [-0.2, 0) is 5.54 Å². The average molecular weight is 296 g/mol. The van der Waals surface area contributed by atoms with Crippen molar-refractivity contribution in [2.75, 3.05) is 7.11 Å². The van der Waals surface area contributed by atoms with Gasteiger partial charge in [0.2, 0.25) is 0 Å². The third-order valence-electron chi connectivity index (χ3n) is 4.62. The number of rotatable bonds is 4. The fourth-order valence-electron chi connectivity index (χ4n) is 3.26.